The average molecular weight is 246 g/mol. The molecule has 0 aliphatic heterocycles. The topological polar surface area (TPSA) is 72.2 Å². The molecule has 0 radical (unpaired) electrons. The van der Waals surface area contributed by atoms with Crippen LogP contribution < -0.4 is 10.5 Å². The fourth-order valence-electron chi connectivity index (χ4n) is 2.97. The minimum atomic E-state index is -3.09. The van der Waals surface area contributed by atoms with Crippen LogP contribution >= 0.6 is 0 Å². The quantitative estimate of drug-likeness (QED) is 0.766. The van der Waals surface area contributed by atoms with Gasteiger partial charge in [-0.25, -0.2) is 13.1 Å². The van der Waals surface area contributed by atoms with Crippen molar-refractivity contribution >= 4 is 10.0 Å². The van der Waals surface area contributed by atoms with Gasteiger partial charge < -0.3 is 5.73 Å². The van der Waals surface area contributed by atoms with Crippen LogP contribution in [0.25, 0.3) is 0 Å². The zero-order valence-electron chi connectivity index (χ0n) is 10.0. The van der Waals surface area contributed by atoms with E-state index in [9.17, 15) is 8.42 Å². The molecule has 2 saturated carbocycles. The molecule has 5 heteroatoms. The molecule has 2 rings (SSSR count). The van der Waals surface area contributed by atoms with Crippen LogP contribution in [0.15, 0.2) is 0 Å². The lowest BCUT2D eigenvalue weighted by molar-refractivity contribution is 0.173. The van der Waals surface area contributed by atoms with E-state index in [1.54, 1.807) is 13.8 Å². The van der Waals surface area contributed by atoms with Crippen molar-refractivity contribution in [3.05, 3.63) is 0 Å². The fraction of sp³-hybridized carbons (Fsp3) is 1.00. The first kappa shape index (κ1) is 12.3. The summed E-state index contributed by atoms with van der Waals surface area (Å²) in [5.41, 5.74) is 5.92. The van der Waals surface area contributed by atoms with Gasteiger partial charge in [-0.3, -0.25) is 0 Å². The third-order valence-electron chi connectivity index (χ3n) is 4.17. The Morgan fingerprint density at radius 3 is 2.50 bits per heavy atom. The Bertz CT molecular complexity index is 353. The SMILES string of the molecule is CC(C)S(=O)(=O)NCC1CC2CC(N)C2C1. The van der Waals surface area contributed by atoms with Gasteiger partial charge in [0.15, 0.2) is 0 Å². The molecule has 0 heterocycles. The van der Waals surface area contributed by atoms with E-state index < -0.39 is 10.0 Å². The largest absolute Gasteiger partial charge is 0.327 e. The van der Waals surface area contributed by atoms with E-state index in [1.807, 2.05) is 0 Å². The summed E-state index contributed by atoms with van der Waals surface area (Å²) in [6.45, 7) is 4.01. The van der Waals surface area contributed by atoms with E-state index in [1.165, 1.54) is 0 Å². The predicted octanol–water partition coefficient (Wildman–Crippen LogP) is 0.688. The summed E-state index contributed by atoms with van der Waals surface area (Å²) in [7, 11) is -3.09. The molecule has 0 spiro atoms. The van der Waals surface area contributed by atoms with Crippen molar-refractivity contribution in [1.29, 1.82) is 0 Å². The van der Waals surface area contributed by atoms with E-state index in [2.05, 4.69) is 4.72 Å². The van der Waals surface area contributed by atoms with Crippen LogP contribution in [-0.2, 0) is 10.0 Å². The molecule has 0 aromatic heterocycles. The first-order valence-electron chi connectivity index (χ1n) is 6.14. The third-order valence-corrected chi connectivity index (χ3v) is 5.98. The lowest BCUT2D eigenvalue weighted by Gasteiger charge is -2.37. The highest BCUT2D eigenvalue weighted by atomic mass is 32.2. The predicted molar refractivity (Wildman–Crippen MR) is 64.4 cm³/mol. The van der Waals surface area contributed by atoms with Gasteiger partial charge in [-0.1, -0.05) is 0 Å². The van der Waals surface area contributed by atoms with Crippen molar-refractivity contribution < 1.29 is 8.42 Å². The molecule has 2 aliphatic carbocycles. The Morgan fingerprint density at radius 2 is 2.00 bits per heavy atom. The first-order chi connectivity index (χ1) is 7.40. The second-order valence-electron chi connectivity index (χ2n) is 5.60. The van der Waals surface area contributed by atoms with Gasteiger partial charge in [0.2, 0.25) is 10.0 Å². The first-order valence-corrected chi connectivity index (χ1v) is 7.69. The summed E-state index contributed by atoms with van der Waals surface area (Å²) in [5, 5.41) is -0.340. The second-order valence-corrected chi connectivity index (χ2v) is 7.92. The normalized spacial score (nSPS) is 38.5. The lowest BCUT2D eigenvalue weighted by Crippen LogP contribution is -2.44. The highest BCUT2D eigenvalue weighted by molar-refractivity contribution is 7.90. The van der Waals surface area contributed by atoms with Crippen LogP contribution in [0.2, 0.25) is 0 Å². The molecule has 0 saturated heterocycles. The van der Waals surface area contributed by atoms with Crippen LogP contribution in [0.3, 0.4) is 0 Å². The van der Waals surface area contributed by atoms with Gasteiger partial charge in [0.25, 0.3) is 0 Å². The van der Waals surface area contributed by atoms with Gasteiger partial charge >= 0.3 is 0 Å². The van der Waals surface area contributed by atoms with Crippen LogP contribution in [0, 0.1) is 17.8 Å². The van der Waals surface area contributed by atoms with E-state index in [-0.39, 0.29) is 5.25 Å². The number of nitrogens with two attached hydrogens (primary N) is 1. The van der Waals surface area contributed by atoms with Crippen LogP contribution in [0.1, 0.15) is 33.1 Å². The molecule has 2 aliphatic rings. The lowest BCUT2D eigenvalue weighted by atomic mass is 9.72. The van der Waals surface area contributed by atoms with E-state index in [0.717, 1.165) is 25.2 Å². The van der Waals surface area contributed by atoms with Crippen LogP contribution in [0.4, 0.5) is 0 Å². The molecule has 4 nitrogen and oxygen atoms in total. The van der Waals surface area contributed by atoms with E-state index in [0.29, 0.717) is 24.4 Å². The Balaban J connectivity index is 1.80. The zero-order chi connectivity index (χ0) is 11.9. The summed E-state index contributed by atoms with van der Waals surface area (Å²) >= 11 is 0. The molecule has 0 aromatic rings. The highest BCUT2D eigenvalue weighted by Crippen LogP contribution is 2.48. The minimum absolute atomic E-state index is 0.340. The molecular weight excluding hydrogens is 224 g/mol. The Labute approximate surface area is 98.0 Å². The molecule has 2 fully saturated rings. The van der Waals surface area contributed by atoms with Crippen LogP contribution in [-0.4, -0.2) is 26.3 Å². The van der Waals surface area contributed by atoms with Crippen molar-refractivity contribution in [3.63, 3.8) is 0 Å². The summed E-state index contributed by atoms with van der Waals surface area (Å²) in [5.74, 6) is 1.93. The number of fused-ring (bicyclic) bond motifs is 1. The molecule has 94 valence electrons. The summed E-state index contributed by atoms with van der Waals surface area (Å²) < 4.78 is 25.9. The average Bonchev–Trinajstić information content (AvgIpc) is 2.52. The maximum absolute atomic E-state index is 11.6. The van der Waals surface area contributed by atoms with Gasteiger partial charge in [-0.15, -0.1) is 0 Å². The van der Waals surface area contributed by atoms with Gasteiger partial charge in [0, 0.05) is 12.6 Å². The smallest absolute Gasteiger partial charge is 0.213 e. The van der Waals surface area contributed by atoms with E-state index >= 15 is 0 Å². The van der Waals surface area contributed by atoms with Crippen molar-refractivity contribution in [2.24, 2.45) is 23.5 Å². The van der Waals surface area contributed by atoms with Gasteiger partial charge in [0.1, 0.15) is 0 Å². The molecule has 0 aromatic carbocycles. The molecule has 3 N–H and O–H groups in total. The number of hydrogen-bond donors (Lipinski definition) is 2. The van der Waals surface area contributed by atoms with Gasteiger partial charge in [-0.05, 0) is 50.9 Å². The van der Waals surface area contributed by atoms with Crippen LogP contribution in [0.5, 0.6) is 0 Å². The second kappa shape index (κ2) is 4.27. The molecular formula is C11H22N2O2S. The monoisotopic (exact) mass is 246 g/mol. The molecule has 4 unspecified atom stereocenters. The summed E-state index contributed by atoms with van der Waals surface area (Å²) in [6, 6.07) is 0.372. The Morgan fingerprint density at radius 1 is 1.31 bits per heavy atom. The number of hydrogen-bond acceptors (Lipinski definition) is 3. The van der Waals surface area contributed by atoms with E-state index in [4.69, 9.17) is 5.73 Å². The van der Waals surface area contributed by atoms with Crippen molar-refractivity contribution in [2.75, 3.05) is 6.54 Å². The number of sulfonamides is 1. The standard InChI is InChI=1S/C11H22N2O2S/c1-7(2)16(14,15)13-6-8-3-9-5-11(12)10(9)4-8/h7-11,13H,3-6,12H2,1-2H3. The Kier molecular flexibility index (Phi) is 3.29. The van der Waals surface area contributed by atoms with Gasteiger partial charge in [-0.2, -0.15) is 0 Å². The van der Waals surface area contributed by atoms with Crippen molar-refractivity contribution in [2.45, 2.75) is 44.4 Å². The maximum atomic E-state index is 11.6. The minimum Gasteiger partial charge on any atom is -0.327 e. The highest BCUT2D eigenvalue weighted by Gasteiger charge is 2.45. The summed E-state index contributed by atoms with van der Waals surface area (Å²) in [6.07, 6.45) is 3.39. The summed E-state index contributed by atoms with van der Waals surface area (Å²) in [4.78, 5) is 0. The number of nitrogens with one attached hydrogen (secondary N) is 1. The molecule has 4 atom stereocenters. The zero-order valence-corrected chi connectivity index (χ0v) is 10.8. The fourth-order valence-corrected chi connectivity index (χ4v) is 3.77. The molecule has 16 heavy (non-hydrogen) atoms. The molecule has 0 bridgehead atoms. The maximum Gasteiger partial charge on any atom is 0.213 e. The molecule has 0 amide bonds. The van der Waals surface area contributed by atoms with Crippen molar-refractivity contribution in [3.8, 4) is 0 Å². The number of rotatable bonds is 4. The Hall–Kier alpha value is -0.130. The third kappa shape index (κ3) is 2.26. The van der Waals surface area contributed by atoms with Gasteiger partial charge in [0.05, 0.1) is 5.25 Å². The van der Waals surface area contributed by atoms with Crippen molar-refractivity contribution in [1.82, 2.24) is 4.72 Å².